The summed E-state index contributed by atoms with van der Waals surface area (Å²) in [6.07, 6.45) is -1.32. The van der Waals surface area contributed by atoms with Crippen molar-refractivity contribution < 1.29 is 26.3 Å². The first kappa shape index (κ1) is 25.2. The Labute approximate surface area is 203 Å². The molecule has 0 aliphatic heterocycles. The molecule has 3 aromatic heterocycles. The quantitative estimate of drug-likeness (QED) is 0.256. The Bertz CT molecular complexity index is 1440. The van der Waals surface area contributed by atoms with Crippen molar-refractivity contribution in [2.45, 2.75) is 29.5 Å². The number of thioether (sulfide) groups is 1. The molecule has 0 unspecified atom stereocenters. The Hall–Kier alpha value is -3.93. The van der Waals surface area contributed by atoms with Crippen molar-refractivity contribution >= 4 is 28.5 Å². The van der Waals surface area contributed by atoms with Gasteiger partial charge in [-0.1, -0.05) is 0 Å². The van der Waals surface area contributed by atoms with Crippen LogP contribution < -0.4 is 4.90 Å². The summed E-state index contributed by atoms with van der Waals surface area (Å²) < 4.78 is 81.3. The Morgan fingerprint density at radius 1 is 1.03 bits per heavy atom. The maximum absolute atomic E-state index is 13.5. The molecular weight excluding hydrogens is 510 g/mol. The van der Waals surface area contributed by atoms with E-state index in [2.05, 4.69) is 25.0 Å². The van der Waals surface area contributed by atoms with Crippen LogP contribution in [0.1, 0.15) is 29.9 Å². The van der Waals surface area contributed by atoms with Crippen LogP contribution >= 0.6 is 11.8 Å². The SMILES string of the molecule is C[C@@H](c1ncnn1-c1ccc(C#N)cn1)N(C)c1ncnc2c(SC(F)(F)F)cc(C(F)(F)F)cc12. The van der Waals surface area contributed by atoms with Crippen molar-refractivity contribution in [2.24, 2.45) is 0 Å². The molecule has 0 saturated heterocycles. The lowest BCUT2D eigenvalue weighted by Crippen LogP contribution is -2.26. The monoisotopic (exact) mass is 524 g/mol. The highest BCUT2D eigenvalue weighted by atomic mass is 32.2. The number of nitrogens with zero attached hydrogens (tertiary/aromatic N) is 8. The molecule has 0 N–H and O–H groups in total. The van der Waals surface area contributed by atoms with Gasteiger partial charge >= 0.3 is 11.7 Å². The molecule has 15 heteroatoms. The Morgan fingerprint density at radius 2 is 1.78 bits per heavy atom. The van der Waals surface area contributed by atoms with E-state index in [-0.39, 0.29) is 16.7 Å². The predicted octanol–water partition coefficient (Wildman–Crippen LogP) is 5.31. The van der Waals surface area contributed by atoms with E-state index in [1.165, 1.54) is 35.2 Å². The van der Waals surface area contributed by atoms with Crippen LogP contribution in [-0.4, -0.2) is 42.3 Å². The van der Waals surface area contributed by atoms with E-state index in [0.29, 0.717) is 23.3 Å². The normalized spacial score (nSPS) is 13.0. The third kappa shape index (κ3) is 5.03. The predicted molar refractivity (Wildman–Crippen MR) is 117 cm³/mol. The van der Waals surface area contributed by atoms with Crippen molar-refractivity contribution in [2.75, 3.05) is 11.9 Å². The number of rotatable bonds is 5. The van der Waals surface area contributed by atoms with Crippen LogP contribution in [0.15, 0.2) is 48.0 Å². The number of hydrogen-bond acceptors (Lipinski definition) is 8. The fraction of sp³-hybridized carbons (Fsp3) is 0.238. The molecule has 0 fully saturated rings. The van der Waals surface area contributed by atoms with E-state index >= 15 is 0 Å². The van der Waals surface area contributed by atoms with Crippen molar-refractivity contribution in [3.8, 4) is 11.9 Å². The molecule has 1 atom stereocenters. The maximum Gasteiger partial charge on any atom is 0.446 e. The molecule has 0 amide bonds. The summed E-state index contributed by atoms with van der Waals surface area (Å²) in [4.78, 5) is 17.0. The zero-order valence-electron chi connectivity index (χ0n) is 18.4. The zero-order chi connectivity index (χ0) is 26.3. The second kappa shape index (κ2) is 9.26. The largest absolute Gasteiger partial charge is 0.446 e. The van der Waals surface area contributed by atoms with Gasteiger partial charge in [0, 0.05) is 23.5 Å². The molecule has 4 aromatic rings. The average Bonchev–Trinajstić information content (AvgIpc) is 3.31. The van der Waals surface area contributed by atoms with Gasteiger partial charge in [0.05, 0.1) is 22.7 Å². The molecule has 0 bridgehead atoms. The fourth-order valence-electron chi connectivity index (χ4n) is 3.42. The van der Waals surface area contributed by atoms with Crippen LogP contribution in [0.5, 0.6) is 0 Å². The molecule has 0 aliphatic carbocycles. The second-order valence-corrected chi connectivity index (χ2v) is 8.55. The highest BCUT2D eigenvalue weighted by molar-refractivity contribution is 8.00. The number of anilines is 1. The van der Waals surface area contributed by atoms with E-state index in [1.54, 1.807) is 13.0 Å². The van der Waals surface area contributed by atoms with Gasteiger partial charge < -0.3 is 4.90 Å². The van der Waals surface area contributed by atoms with Gasteiger partial charge in [-0.25, -0.2) is 19.9 Å². The third-order valence-corrected chi connectivity index (χ3v) is 5.96. The van der Waals surface area contributed by atoms with Gasteiger partial charge in [-0.15, -0.1) is 0 Å². The number of hydrogen-bond donors (Lipinski definition) is 0. The summed E-state index contributed by atoms with van der Waals surface area (Å²) >= 11 is -0.677. The van der Waals surface area contributed by atoms with Crippen LogP contribution in [0.2, 0.25) is 0 Å². The van der Waals surface area contributed by atoms with Gasteiger partial charge in [0.15, 0.2) is 11.6 Å². The topological polar surface area (TPSA) is 96.4 Å². The van der Waals surface area contributed by atoms with Crippen molar-refractivity contribution in [1.29, 1.82) is 5.26 Å². The lowest BCUT2D eigenvalue weighted by molar-refractivity contribution is -0.137. The Kier molecular flexibility index (Phi) is 6.48. The Balaban J connectivity index is 1.81. The van der Waals surface area contributed by atoms with Gasteiger partial charge in [-0.2, -0.15) is 41.4 Å². The number of alkyl halides is 6. The van der Waals surface area contributed by atoms with Gasteiger partial charge in [0.2, 0.25) is 0 Å². The summed E-state index contributed by atoms with van der Waals surface area (Å²) in [5.41, 5.74) is -6.04. The molecule has 0 radical (unpaired) electrons. The minimum atomic E-state index is -4.90. The maximum atomic E-state index is 13.5. The number of aromatic nitrogens is 6. The molecular formula is C21H14F6N8S. The standard InChI is InChI=1S/C21H14F6N8S/c1-11(18-32-10-33-35(18)16-4-3-12(7-28)8-29-16)34(2)19-14-5-13(20(22,23)24)6-15(36-21(25,26)27)17(14)30-9-31-19/h3-6,8-11H,1-2H3/t11-/m0/s1. The Morgan fingerprint density at radius 3 is 2.39 bits per heavy atom. The molecule has 3 heterocycles. The number of pyridine rings is 1. The number of halogens is 6. The number of fused-ring (bicyclic) bond motifs is 1. The molecule has 0 saturated carbocycles. The summed E-state index contributed by atoms with van der Waals surface area (Å²) in [6.45, 7) is 1.66. The van der Waals surface area contributed by atoms with Gasteiger partial charge in [-0.05, 0) is 43.0 Å². The lowest BCUT2D eigenvalue weighted by Gasteiger charge is -2.27. The average molecular weight is 524 g/mol. The van der Waals surface area contributed by atoms with Crippen LogP contribution in [-0.2, 0) is 6.18 Å². The summed E-state index contributed by atoms with van der Waals surface area (Å²) in [5, 5.41) is 12.9. The smallest absolute Gasteiger partial charge is 0.349 e. The van der Waals surface area contributed by atoms with Crippen molar-refractivity contribution in [3.63, 3.8) is 0 Å². The van der Waals surface area contributed by atoms with E-state index in [4.69, 9.17) is 5.26 Å². The summed E-state index contributed by atoms with van der Waals surface area (Å²) in [5.74, 6) is 0.612. The van der Waals surface area contributed by atoms with Crippen LogP contribution in [0.4, 0.5) is 32.2 Å². The first-order chi connectivity index (χ1) is 16.9. The van der Waals surface area contributed by atoms with E-state index in [1.807, 2.05) is 6.07 Å². The molecule has 0 aliphatic rings. The minimum Gasteiger partial charge on any atom is -0.349 e. The fourth-order valence-corrected chi connectivity index (χ4v) is 4.11. The van der Waals surface area contributed by atoms with Gasteiger partial charge in [0.25, 0.3) is 0 Å². The minimum absolute atomic E-state index is 0.0371. The lowest BCUT2D eigenvalue weighted by atomic mass is 10.1. The first-order valence-electron chi connectivity index (χ1n) is 10.00. The molecule has 8 nitrogen and oxygen atoms in total. The highest BCUT2D eigenvalue weighted by Crippen LogP contribution is 2.44. The highest BCUT2D eigenvalue weighted by Gasteiger charge is 2.36. The summed E-state index contributed by atoms with van der Waals surface area (Å²) in [6, 6.07) is 5.49. The number of benzene rings is 1. The van der Waals surface area contributed by atoms with Crippen LogP contribution in [0.25, 0.3) is 16.7 Å². The van der Waals surface area contributed by atoms with E-state index in [9.17, 15) is 26.3 Å². The van der Waals surface area contributed by atoms with Gasteiger partial charge in [-0.3, -0.25) is 0 Å². The first-order valence-corrected chi connectivity index (χ1v) is 10.8. The zero-order valence-corrected chi connectivity index (χ0v) is 19.2. The summed E-state index contributed by atoms with van der Waals surface area (Å²) in [7, 11) is 1.51. The molecule has 4 rings (SSSR count). The van der Waals surface area contributed by atoms with Crippen LogP contribution in [0, 0.1) is 11.3 Å². The van der Waals surface area contributed by atoms with E-state index in [0.717, 1.165) is 12.4 Å². The van der Waals surface area contributed by atoms with Crippen LogP contribution in [0.3, 0.4) is 0 Å². The second-order valence-electron chi connectivity index (χ2n) is 7.45. The molecule has 0 spiro atoms. The molecule has 36 heavy (non-hydrogen) atoms. The molecule has 1 aromatic carbocycles. The molecule has 186 valence electrons. The number of nitriles is 1. The van der Waals surface area contributed by atoms with Gasteiger partial charge in [0.1, 0.15) is 24.5 Å². The third-order valence-electron chi connectivity index (χ3n) is 5.19. The van der Waals surface area contributed by atoms with E-state index < -0.39 is 39.9 Å². The van der Waals surface area contributed by atoms with Crippen molar-refractivity contribution in [1.82, 2.24) is 29.7 Å². The van der Waals surface area contributed by atoms with Crippen molar-refractivity contribution in [3.05, 3.63) is 60.1 Å².